The van der Waals surface area contributed by atoms with Crippen LogP contribution in [0.4, 0.5) is 11.6 Å². The average molecular weight is 394 g/mol. The summed E-state index contributed by atoms with van der Waals surface area (Å²) in [5, 5.41) is 4.53. The lowest BCUT2D eigenvalue weighted by Gasteiger charge is -2.31. The summed E-state index contributed by atoms with van der Waals surface area (Å²) in [4.78, 5) is 17.0. The van der Waals surface area contributed by atoms with E-state index in [1.165, 1.54) is 16.8 Å². The molecule has 0 spiro atoms. The average Bonchev–Trinajstić information content (AvgIpc) is 2.74. The number of anilines is 2. The molecule has 1 aliphatic heterocycles. The maximum atomic E-state index is 5.91. The molecule has 154 valence electrons. The molecular weight excluding hydrogens is 362 g/mol. The number of aromatic nitrogens is 2. The first-order chi connectivity index (χ1) is 14.1. The lowest BCUT2D eigenvalue weighted by molar-refractivity contribution is 0.0406. The predicted octanol–water partition coefficient (Wildman–Crippen LogP) is 4.37. The fraction of sp³-hybridized carbons (Fsp3) is 0.522. The molecule has 29 heavy (non-hydrogen) atoms. The second kappa shape index (κ2) is 8.80. The summed E-state index contributed by atoms with van der Waals surface area (Å²) in [6.45, 7) is 5.99. The van der Waals surface area contributed by atoms with Gasteiger partial charge in [0.05, 0.1) is 5.71 Å². The molecule has 1 aliphatic carbocycles. The van der Waals surface area contributed by atoms with Gasteiger partial charge in [-0.05, 0) is 74.3 Å². The van der Waals surface area contributed by atoms with Crippen LogP contribution in [-0.4, -0.2) is 34.9 Å². The van der Waals surface area contributed by atoms with E-state index in [2.05, 4.69) is 39.1 Å². The minimum atomic E-state index is 0.196. The van der Waals surface area contributed by atoms with Gasteiger partial charge >= 0.3 is 0 Å². The molecule has 0 bridgehead atoms. The Kier molecular flexibility index (Phi) is 5.97. The van der Waals surface area contributed by atoms with E-state index in [9.17, 15) is 0 Å². The fourth-order valence-corrected chi connectivity index (χ4v) is 4.37. The van der Waals surface area contributed by atoms with E-state index in [4.69, 9.17) is 10.6 Å². The zero-order chi connectivity index (χ0) is 20.2. The first kappa shape index (κ1) is 19.7. The topological polar surface area (TPSA) is 76.6 Å². The van der Waals surface area contributed by atoms with Gasteiger partial charge in [-0.3, -0.25) is 0 Å². The van der Waals surface area contributed by atoms with Crippen LogP contribution < -0.4 is 10.6 Å². The molecule has 0 amide bonds. The highest BCUT2D eigenvalue weighted by Gasteiger charge is 2.24. The molecule has 2 fully saturated rings. The van der Waals surface area contributed by atoms with E-state index < -0.39 is 0 Å². The molecule has 6 nitrogen and oxygen atoms in total. The monoisotopic (exact) mass is 393 g/mol. The Morgan fingerprint density at radius 1 is 1.03 bits per heavy atom. The molecule has 0 atom stereocenters. The van der Waals surface area contributed by atoms with Crippen molar-refractivity contribution in [3.8, 4) is 0 Å². The summed E-state index contributed by atoms with van der Waals surface area (Å²) in [5.41, 5.74) is 11.8. The molecule has 6 heteroatoms. The lowest BCUT2D eigenvalue weighted by Crippen LogP contribution is -2.37. The molecule has 4 rings (SSSR count). The molecule has 1 saturated carbocycles. The molecule has 0 radical (unpaired) electrons. The number of hydrogen-bond acceptors (Lipinski definition) is 6. The van der Waals surface area contributed by atoms with Crippen molar-refractivity contribution in [1.82, 2.24) is 9.97 Å². The summed E-state index contributed by atoms with van der Waals surface area (Å²) in [6, 6.07) is 6.29. The number of oxime groups is 1. The maximum absolute atomic E-state index is 5.91. The van der Waals surface area contributed by atoms with Crippen LogP contribution in [0.3, 0.4) is 0 Å². The second-order valence-corrected chi connectivity index (χ2v) is 8.40. The summed E-state index contributed by atoms with van der Waals surface area (Å²) >= 11 is 0. The normalized spacial score (nSPS) is 20.6. The van der Waals surface area contributed by atoms with Crippen molar-refractivity contribution >= 4 is 17.3 Å². The van der Waals surface area contributed by atoms with Crippen molar-refractivity contribution in [2.75, 3.05) is 23.7 Å². The lowest BCUT2D eigenvalue weighted by atomic mass is 9.81. The van der Waals surface area contributed by atoms with Crippen molar-refractivity contribution < 1.29 is 4.84 Å². The third-order valence-electron chi connectivity index (χ3n) is 6.12. The Bertz CT molecular complexity index is 846. The standard InChI is InChI=1S/C23H31N5O/c1-16-14-25-23(26-15-16)28-11-9-21(10-12-28)29-27-20-6-3-18(4-7-20)22-8-5-19(24)13-17(22)2/h5,8,13-15,18,21H,3-4,6-7,9-12,24H2,1-2H3. The maximum Gasteiger partial charge on any atom is 0.225 e. The van der Waals surface area contributed by atoms with Gasteiger partial charge in [0.25, 0.3) is 0 Å². The highest BCUT2D eigenvalue weighted by molar-refractivity contribution is 5.84. The molecule has 1 aromatic heterocycles. The summed E-state index contributed by atoms with van der Waals surface area (Å²) < 4.78 is 0. The molecule has 1 saturated heterocycles. The number of aryl methyl sites for hydroxylation is 2. The van der Waals surface area contributed by atoms with E-state index in [-0.39, 0.29) is 6.10 Å². The largest absolute Gasteiger partial charge is 0.399 e. The smallest absolute Gasteiger partial charge is 0.225 e. The van der Waals surface area contributed by atoms with Crippen LogP contribution in [0.15, 0.2) is 35.7 Å². The third kappa shape index (κ3) is 4.86. The third-order valence-corrected chi connectivity index (χ3v) is 6.12. The van der Waals surface area contributed by atoms with Crippen LogP contribution >= 0.6 is 0 Å². The molecule has 1 aromatic carbocycles. The zero-order valence-corrected chi connectivity index (χ0v) is 17.5. The van der Waals surface area contributed by atoms with Crippen molar-refractivity contribution in [2.24, 2.45) is 5.16 Å². The Hall–Kier alpha value is -2.63. The van der Waals surface area contributed by atoms with E-state index in [0.717, 1.165) is 68.8 Å². The first-order valence-corrected chi connectivity index (χ1v) is 10.7. The van der Waals surface area contributed by atoms with Crippen LogP contribution in [-0.2, 0) is 4.84 Å². The van der Waals surface area contributed by atoms with Gasteiger partial charge in [-0.15, -0.1) is 0 Å². The molecule has 0 unspecified atom stereocenters. The van der Waals surface area contributed by atoms with E-state index in [0.29, 0.717) is 5.92 Å². The molecular formula is C23H31N5O. The van der Waals surface area contributed by atoms with E-state index in [1.54, 1.807) is 0 Å². The Labute approximate surface area is 173 Å². The number of piperidine rings is 1. The Balaban J connectivity index is 1.24. The van der Waals surface area contributed by atoms with Crippen molar-refractivity contribution in [3.05, 3.63) is 47.3 Å². The number of hydrogen-bond donors (Lipinski definition) is 1. The minimum absolute atomic E-state index is 0.196. The van der Waals surface area contributed by atoms with Crippen molar-refractivity contribution in [1.29, 1.82) is 0 Å². The number of benzene rings is 1. The number of nitrogens with two attached hydrogens (primary N) is 1. The summed E-state index contributed by atoms with van der Waals surface area (Å²) in [5.74, 6) is 1.42. The van der Waals surface area contributed by atoms with Gasteiger partial charge in [0.1, 0.15) is 6.10 Å². The van der Waals surface area contributed by atoms with Gasteiger partial charge in [-0.25, -0.2) is 9.97 Å². The quantitative estimate of drug-likeness (QED) is 0.616. The highest BCUT2D eigenvalue weighted by atomic mass is 16.6. The van der Waals surface area contributed by atoms with Gasteiger partial charge in [-0.2, -0.15) is 0 Å². The minimum Gasteiger partial charge on any atom is -0.399 e. The highest BCUT2D eigenvalue weighted by Crippen LogP contribution is 2.34. The SMILES string of the molecule is Cc1cnc(N2CCC(ON=C3CCC(c4ccc(N)cc4C)CC3)CC2)nc1. The van der Waals surface area contributed by atoms with Crippen LogP contribution in [0.25, 0.3) is 0 Å². The summed E-state index contributed by atoms with van der Waals surface area (Å²) in [6.07, 6.45) is 10.2. The van der Waals surface area contributed by atoms with Crippen LogP contribution in [0.2, 0.25) is 0 Å². The van der Waals surface area contributed by atoms with E-state index in [1.807, 2.05) is 25.4 Å². The Morgan fingerprint density at radius 3 is 2.38 bits per heavy atom. The zero-order valence-electron chi connectivity index (χ0n) is 17.5. The van der Waals surface area contributed by atoms with Gasteiger partial charge in [-0.1, -0.05) is 11.2 Å². The number of rotatable bonds is 4. The predicted molar refractivity (Wildman–Crippen MR) is 117 cm³/mol. The van der Waals surface area contributed by atoms with E-state index >= 15 is 0 Å². The van der Waals surface area contributed by atoms with Gasteiger partial charge in [0.2, 0.25) is 5.95 Å². The van der Waals surface area contributed by atoms with Gasteiger partial charge < -0.3 is 15.5 Å². The van der Waals surface area contributed by atoms with Gasteiger partial charge in [0.15, 0.2) is 0 Å². The Morgan fingerprint density at radius 2 is 1.72 bits per heavy atom. The molecule has 2 N–H and O–H groups in total. The summed E-state index contributed by atoms with van der Waals surface area (Å²) in [7, 11) is 0. The number of nitrogen functional groups attached to an aromatic ring is 1. The van der Waals surface area contributed by atoms with Crippen LogP contribution in [0, 0.1) is 13.8 Å². The van der Waals surface area contributed by atoms with Crippen LogP contribution in [0.1, 0.15) is 61.1 Å². The van der Waals surface area contributed by atoms with Crippen molar-refractivity contribution in [2.45, 2.75) is 64.4 Å². The molecule has 2 aromatic rings. The molecule has 2 heterocycles. The first-order valence-electron chi connectivity index (χ1n) is 10.7. The van der Waals surface area contributed by atoms with Crippen LogP contribution in [0.5, 0.6) is 0 Å². The van der Waals surface area contributed by atoms with Crippen molar-refractivity contribution in [3.63, 3.8) is 0 Å². The number of nitrogens with zero attached hydrogens (tertiary/aromatic N) is 4. The second-order valence-electron chi connectivity index (χ2n) is 8.40. The molecule has 2 aliphatic rings. The fourth-order valence-electron chi connectivity index (χ4n) is 4.37. The van der Waals surface area contributed by atoms with Gasteiger partial charge in [0, 0.05) is 44.0 Å².